The van der Waals surface area contributed by atoms with Crippen LogP contribution < -0.4 is 5.11 Å². The van der Waals surface area contributed by atoms with E-state index in [4.69, 9.17) is 18.9 Å². The molecule has 2 atom stereocenters. The quantitative estimate of drug-likeness (QED) is 0.0195. The van der Waals surface area contributed by atoms with Gasteiger partial charge in [-0.3, -0.25) is 9.59 Å². The molecule has 0 bridgehead atoms. The van der Waals surface area contributed by atoms with E-state index >= 15 is 0 Å². The number of nitrogens with zero attached hydrogens (tertiary/aromatic N) is 1. The average Bonchev–Trinajstić information content (AvgIpc) is 3.46. The first-order valence-electron chi connectivity index (χ1n) is 35.6. The van der Waals surface area contributed by atoms with Crippen LogP contribution in [0.3, 0.4) is 0 Å². The van der Waals surface area contributed by atoms with Crippen LogP contribution in [-0.2, 0) is 33.3 Å². The van der Waals surface area contributed by atoms with E-state index in [1.807, 2.05) is 21.1 Å². The molecule has 510 valence electrons. The lowest BCUT2D eigenvalue weighted by Gasteiger charge is -2.26. The molecule has 0 aromatic carbocycles. The first-order valence-corrected chi connectivity index (χ1v) is 35.6. The molecule has 0 amide bonds. The Kier molecular flexibility index (Phi) is 65.5. The number of carbonyl (C=O) groups excluding carboxylic acids is 3. The molecule has 0 aromatic heterocycles. The Labute approximate surface area is 557 Å². The summed E-state index contributed by atoms with van der Waals surface area (Å²) in [4.78, 5) is 37.5. The van der Waals surface area contributed by atoms with Crippen molar-refractivity contribution >= 4 is 17.9 Å². The van der Waals surface area contributed by atoms with Crippen LogP contribution in [0.5, 0.6) is 0 Å². The molecule has 0 aromatic rings. The molecule has 0 fully saturated rings. The zero-order chi connectivity index (χ0) is 66.1. The summed E-state index contributed by atoms with van der Waals surface area (Å²) in [6.07, 6.45) is 105. The van der Waals surface area contributed by atoms with E-state index in [2.05, 4.69) is 208 Å². The van der Waals surface area contributed by atoms with Crippen molar-refractivity contribution in [3.8, 4) is 0 Å². The number of carboxylic acid groups (broad SMARTS) is 1. The van der Waals surface area contributed by atoms with Gasteiger partial charge >= 0.3 is 11.9 Å². The van der Waals surface area contributed by atoms with Gasteiger partial charge in [0.2, 0.25) is 0 Å². The third-order valence-corrected chi connectivity index (χ3v) is 14.3. The number of aliphatic carboxylic acids is 1. The average molecular weight is 1260 g/mol. The second-order valence-corrected chi connectivity index (χ2v) is 24.1. The highest BCUT2D eigenvalue weighted by Crippen LogP contribution is 2.15. The maximum Gasteiger partial charge on any atom is 0.306 e. The Bertz CT molecular complexity index is 2200. The molecule has 9 nitrogen and oxygen atoms in total. The van der Waals surface area contributed by atoms with Crippen molar-refractivity contribution in [3.05, 3.63) is 194 Å². The molecule has 0 saturated carbocycles. The molecule has 0 radical (unpaired) electrons. The number of carboxylic acids is 1. The normalized spacial score (nSPS) is 13.9. The minimum absolute atomic E-state index is 0.134. The fourth-order valence-electron chi connectivity index (χ4n) is 8.98. The summed E-state index contributed by atoms with van der Waals surface area (Å²) in [5.74, 6) is -2.33. The Balaban J connectivity index is 4.23. The highest BCUT2D eigenvalue weighted by atomic mass is 16.7. The van der Waals surface area contributed by atoms with Crippen molar-refractivity contribution in [2.24, 2.45) is 0 Å². The second kappa shape index (κ2) is 70.0. The maximum absolute atomic E-state index is 12.9. The van der Waals surface area contributed by atoms with E-state index in [1.54, 1.807) is 0 Å². The fourth-order valence-corrected chi connectivity index (χ4v) is 8.98. The van der Waals surface area contributed by atoms with Crippen LogP contribution in [0.15, 0.2) is 194 Å². The van der Waals surface area contributed by atoms with E-state index in [-0.39, 0.29) is 38.6 Å². The Morgan fingerprint density at radius 2 is 0.593 bits per heavy atom. The number of unbranched alkanes of at least 4 members (excludes halogenated alkanes) is 16. The van der Waals surface area contributed by atoms with Crippen LogP contribution in [0.1, 0.15) is 245 Å². The summed E-state index contributed by atoms with van der Waals surface area (Å²) in [6, 6.07) is 0. The van der Waals surface area contributed by atoms with Gasteiger partial charge in [0.05, 0.1) is 40.3 Å². The van der Waals surface area contributed by atoms with Gasteiger partial charge in [-0.15, -0.1) is 0 Å². The van der Waals surface area contributed by atoms with Crippen LogP contribution in [-0.4, -0.2) is 82.3 Å². The van der Waals surface area contributed by atoms with Crippen molar-refractivity contribution in [1.82, 2.24) is 0 Å². The molecular weight excluding hydrogens is 1130 g/mol. The van der Waals surface area contributed by atoms with E-state index in [9.17, 15) is 19.5 Å². The van der Waals surface area contributed by atoms with Crippen molar-refractivity contribution in [2.45, 2.75) is 257 Å². The van der Waals surface area contributed by atoms with E-state index in [0.29, 0.717) is 17.4 Å². The Morgan fingerprint density at radius 3 is 0.879 bits per heavy atom. The highest BCUT2D eigenvalue weighted by Gasteiger charge is 2.22. The number of quaternary nitrogens is 1. The molecule has 0 saturated heterocycles. The van der Waals surface area contributed by atoms with Crippen molar-refractivity contribution in [2.75, 3.05) is 47.5 Å². The molecule has 0 aliphatic heterocycles. The van der Waals surface area contributed by atoms with Crippen LogP contribution >= 0.6 is 0 Å². The monoisotopic (exact) mass is 1260 g/mol. The molecule has 2 unspecified atom stereocenters. The smallest absolute Gasteiger partial charge is 0.306 e. The third kappa shape index (κ3) is 71.4. The molecule has 91 heavy (non-hydrogen) atoms. The van der Waals surface area contributed by atoms with Gasteiger partial charge in [-0.05, 0) is 141 Å². The lowest BCUT2D eigenvalue weighted by Crippen LogP contribution is -2.44. The van der Waals surface area contributed by atoms with Gasteiger partial charge < -0.3 is 33.3 Å². The Morgan fingerprint density at radius 1 is 0.330 bits per heavy atom. The first kappa shape index (κ1) is 85.1. The van der Waals surface area contributed by atoms with Crippen LogP contribution in [0, 0.1) is 0 Å². The fraction of sp³-hybridized carbons (Fsp3) is 0.573. The molecule has 0 N–H and O–H groups in total. The number of hydrogen-bond acceptors (Lipinski definition) is 8. The van der Waals surface area contributed by atoms with E-state index in [1.165, 1.54) is 51.4 Å². The van der Waals surface area contributed by atoms with Crippen LogP contribution in [0.2, 0.25) is 0 Å². The molecule has 0 spiro atoms. The van der Waals surface area contributed by atoms with Crippen molar-refractivity contribution in [3.63, 3.8) is 0 Å². The second-order valence-electron chi connectivity index (χ2n) is 24.1. The molecule has 9 heteroatoms. The van der Waals surface area contributed by atoms with Crippen molar-refractivity contribution < 1.29 is 42.9 Å². The molecule has 0 rings (SSSR count). The van der Waals surface area contributed by atoms with Crippen LogP contribution in [0.25, 0.3) is 0 Å². The third-order valence-electron chi connectivity index (χ3n) is 14.3. The predicted molar refractivity (Wildman–Crippen MR) is 388 cm³/mol. The molecule has 0 aliphatic carbocycles. The zero-order valence-corrected chi connectivity index (χ0v) is 58.1. The van der Waals surface area contributed by atoms with E-state index < -0.39 is 24.3 Å². The van der Waals surface area contributed by atoms with Gasteiger partial charge in [-0.1, -0.05) is 285 Å². The molecule has 0 heterocycles. The van der Waals surface area contributed by atoms with Gasteiger partial charge in [0.15, 0.2) is 12.4 Å². The molecular formula is C82H129NO8. The summed E-state index contributed by atoms with van der Waals surface area (Å²) in [6.45, 7) is 4.48. The topological polar surface area (TPSA) is 111 Å². The van der Waals surface area contributed by atoms with E-state index in [0.717, 1.165) is 161 Å². The number of hydrogen-bond donors (Lipinski definition) is 0. The largest absolute Gasteiger partial charge is 0.545 e. The molecule has 0 aliphatic rings. The number of esters is 2. The van der Waals surface area contributed by atoms with Gasteiger partial charge in [-0.2, -0.15) is 0 Å². The minimum atomic E-state index is -1.64. The van der Waals surface area contributed by atoms with Crippen LogP contribution in [0.4, 0.5) is 0 Å². The zero-order valence-electron chi connectivity index (χ0n) is 58.1. The summed E-state index contributed by atoms with van der Waals surface area (Å²) in [5, 5.41) is 11.8. The standard InChI is InChI=1S/C82H129NO8/c1-6-8-10-12-14-16-18-20-22-24-26-28-30-32-34-35-36-37-38-39-40-41-42-43-44-45-47-49-51-53-55-57-59-61-63-65-67-69-71-73-80(85)91-78(77-90-82(81(86)87)88-75-74-83(3,4)5)76-89-79(84)72-70-68-66-64-62-60-58-56-54-52-50-48-46-33-31-29-27-25-23-21-19-17-15-13-11-9-7-2/h8-11,14-17,20-23,26-29,32-34,36-37,39-40,42-43,45-47,50-53,78,82H,6-7,12-13,18-19,24-25,30-31,35,38,41,44,48-49,54-77H2,1-5H3/b10-8-,11-9-,16-14-,17-15-,22-20-,23-21-,28-26-,29-27-,34-32-,37-36-,40-39-,43-42-,46-33-,47-45-,52-50-,53-51-. The number of carbonyl (C=O) groups is 3. The lowest BCUT2D eigenvalue weighted by atomic mass is 10.1. The summed E-state index contributed by atoms with van der Waals surface area (Å²) >= 11 is 0. The maximum atomic E-state index is 12.9. The number of allylic oxidation sites excluding steroid dienone is 32. The van der Waals surface area contributed by atoms with Gasteiger partial charge in [0.25, 0.3) is 0 Å². The summed E-state index contributed by atoms with van der Waals surface area (Å²) in [5.41, 5.74) is 0. The first-order chi connectivity index (χ1) is 44.6. The van der Waals surface area contributed by atoms with Gasteiger partial charge in [0, 0.05) is 12.8 Å². The van der Waals surface area contributed by atoms with Gasteiger partial charge in [0.1, 0.15) is 13.2 Å². The Hall–Kier alpha value is -5.87. The van der Waals surface area contributed by atoms with Crippen molar-refractivity contribution in [1.29, 1.82) is 0 Å². The number of rotatable bonds is 63. The summed E-state index contributed by atoms with van der Waals surface area (Å²) < 4.78 is 22.8. The summed E-state index contributed by atoms with van der Waals surface area (Å²) in [7, 11) is 5.91. The predicted octanol–water partition coefficient (Wildman–Crippen LogP) is 21.2. The number of likely N-dealkylation sites (N-methyl/N-ethyl adjacent to an activating group) is 1. The lowest BCUT2D eigenvalue weighted by molar-refractivity contribution is -0.870. The highest BCUT2D eigenvalue weighted by molar-refractivity contribution is 5.70. The number of ether oxygens (including phenoxy) is 4. The van der Waals surface area contributed by atoms with Gasteiger partial charge in [-0.25, -0.2) is 0 Å². The SMILES string of the molecule is CC/C=C\C/C=C\C/C=C\C/C=C\C/C=C\C/C=C\C/C=C\C/C=C\C/C=C\C/C=C\CCCCCCCCCCC(=O)OC(COC(=O)CCCCCCCCCC/C=C\C/C=C\C/C=C\C/C=C\C/C=C\C/C=C\CC)COC(OCC[N+](C)(C)C)C(=O)[O-]. The minimum Gasteiger partial charge on any atom is -0.545 e.